The van der Waals surface area contributed by atoms with E-state index in [1.807, 2.05) is 20.8 Å². The van der Waals surface area contributed by atoms with Gasteiger partial charge in [-0.3, -0.25) is 14.5 Å². The third-order valence-corrected chi connectivity index (χ3v) is 6.19. The Morgan fingerprint density at radius 3 is 2.31 bits per heavy atom. The highest BCUT2D eigenvalue weighted by Gasteiger charge is 2.47. The third kappa shape index (κ3) is 4.66. The number of aliphatic hydroxyl groups excluding tert-OH is 1. The lowest BCUT2D eigenvalue weighted by molar-refractivity contribution is -0.132. The minimum Gasteiger partial charge on any atom is -0.507 e. The molecule has 3 aromatic rings. The minimum atomic E-state index is -0.924. The van der Waals surface area contributed by atoms with Crippen molar-refractivity contribution >= 4 is 34.7 Å². The summed E-state index contributed by atoms with van der Waals surface area (Å²) in [6.45, 7) is 6.39. The summed E-state index contributed by atoms with van der Waals surface area (Å²) in [6, 6.07) is 16.2. The monoisotopic (exact) mass is 493 g/mol. The van der Waals surface area contributed by atoms with E-state index in [1.165, 1.54) is 29.2 Å². The molecule has 0 spiro atoms. The van der Waals surface area contributed by atoms with Gasteiger partial charge in [-0.15, -0.1) is 0 Å². The van der Waals surface area contributed by atoms with E-state index < -0.39 is 23.5 Å². The smallest absolute Gasteiger partial charge is 0.300 e. The molecule has 0 radical (unpaired) electrons. The van der Waals surface area contributed by atoms with Crippen molar-refractivity contribution < 1.29 is 23.8 Å². The molecular formula is C28H25ClFNO4. The summed E-state index contributed by atoms with van der Waals surface area (Å²) in [5.41, 5.74) is 2.12. The molecule has 0 aliphatic carbocycles. The normalized spacial score (nSPS) is 17.3. The van der Waals surface area contributed by atoms with Gasteiger partial charge in [0.15, 0.2) is 0 Å². The lowest BCUT2D eigenvalue weighted by Gasteiger charge is -2.25. The molecule has 0 bridgehead atoms. The fraction of sp³-hybridized carbons (Fsp3) is 0.214. The van der Waals surface area contributed by atoms with Crippen LogP contribution in [0.25, 0.3) is 5.76 Å². The standard InChI is InChI=1S/C28H25ClFNO4/c1-4-35-23-14-7-18(15-22(23)16(2)3)26(32)24-25(17-5-8-19(29)9-6-17)31(28(34)27(24)33)21-12-10-20(30)11-13-21/h5-16,25,32H,4H2,1-3H3/b26-24-. The lowest BCUT2D eigenvalue weighted by atomic mass is 9.93. The van der Waals surface area contributed by atoms with Crippen LogP contribution in [0.5, 0.6) is 5.75 Å². The molecule has 1 atom stereocenters. The van der Waals surface area contributed by atoms with Crippen LogP contribution in [-0.4, -0.2) is 23.4 Å². The summed E-state index contributed by atoms with van der Waals surface area (Å²) in [6.07, 6.45) is 0. The van der Waals surface area contributed by atoms with Crippen molar-refractivity contribution in [1.82, 2.24) is 0 Å². The van der Waals surface area contributed by atoms with Gasteiger partial charge in [0.05, 0.1) is 18.2 Å². The van der Waals surface area contributed by atoms with Crippen LogP contribution in [0.2, 0.25) is 5.02 Å². The molecule has 1 amide bonds. The maximum atomic E-state index is 13.6. The maximum Gasteiger partial charge on any atom is 0.300 e. The fourth-order valence-electron chi connectivity index (χ4n) is 4.25. The predicted octanol–water partition coefficient (Wildman–Crippen LogP) is 6.63. The molecular weight excluding hydrogens is 469 g/mol. The first-order valence-corrected chi connectivity index (χ1v) is 11.7. The molecule has 3 aromatic carbocycles. The van der Waals surface area contributed by atoms with Crippen LogP contribution in [0.3, 0.4) is 0 Å². The zero-order valence-corrected chi connectivity index (χ0v) is 20.3. The van der Waals surface area contributed by atoms with E-state index in [0.29, 0.717) is 34.2 Å². The lowest BCUT2D eigenvalue weighted by Crippen LogP contribution is -2.29. The van der Waals surface area contributed by atoms with E-state index in [0.717, 1.165) is 5.56 Å². The number of halogens is 2. The van der Waals surface area contributed by atoms with E-state index in [2.05, 4.69) is 0 Å². The number of hydrogen-bond donors (Lipinski definition) is 1. The van der Waals surface area contributed by atoms with Gasteiger partial charge in [-0.25, -0.2) is 4.39 Å². The fourth-order valence-corrected chi connectivity index (χ4v) is 4.38. The predicted molar refractivity (Wildman–Crippen MR) is 134 cm³/mol. The molecule has 1 N–H and O–H groups in total. The summed E-state index contributed by atoms with van der Waals surface area (Å²) in [5, 5.41) is 11.9. The van der Waals surface area contributed by atoms with Crippen LogP contribution in [0.4, 0.5) is 10.1 Å². The second kappa shape index (κ2) is 9.92. The Hall–Kier alpha value is -3.64. The van der Waals surface area contributed by atoms with Gasteiger partial charge >= 0.3 is 0 Å². The molecule has 7 heteroatoms. The highest BCUT2D eigenvalue weighted by molar-refractivity contribution is 6.51. The van der Waals surface area contributed by atoms with Gasteiger partial charge < -0.3 is 9.84 Å². The van der Waals surface area contributed by atoms with Gasteiger partial charge in [0.2, 0.25) is 0 Å². The second-order valence-electron chi connectivity index (χ2n) is 8.54. The SMILES string of the molecule is CCOc1ccc(/C(O)=C2/C(=O)C(=O)N(c3ccc(F)cc3)C2c2ccc(Cl)cc2)cc1C(C)C. The van der Waals surface area contributed by atoms with Gasteiger partial charge in [-0.1, -0.05) is 37.6 Å². The van der Waals surface area contributed by atoms with Crippen molar-refractivity contribution in [2.24, 2.45) is 0 Å². The second-order valence-corrected chi connectivity index (χ2v) is 8.97. The van der Waals surface area contributed by atoms with Crippen molar-refractivity contribution in [2.45, 2.75) is 32.7 Å². The van der Waals surface area contributed by atoms with Crippen LogP contribution in [0, 0.1) is 5.82 Å². The van der Waals surface area contributed by atoms with E-state index in [1.54, 1.807) is 42.5 Å². The van der Waals surface area contributed by atoms with Crippen molar-refractivity contribution in [3.8, 4) is 5.75 Å². The molecule has 4 rings (SSSR count). The highest BCUT2D eigenvalue weighted by atomic mass is 35.5. The molecule has 1 aliphatic heterocycles. The van der Waals surface area contributed by atoms with Gasteiger partial charge in [0, 0.05) is 16.3 Å². The minimum absolute atomic E-state index is 0.0551. The molecule has 1 aliphatic rings. The van der Waals surface area contributed by atoms with E-state index in [4.69, 9.17) is 16.3 Å². The summed E-state index contributed by atoms with van der Waals surface area (Å²) in [4.78, 5) is 27.7. The molecule has 5 nitrogen and oxygen atoms in total. The molecule has 1 heterocycles. The van der Waals surface area contributed by atoms with Gasteiger partial charge in [-0.05, 0) is 78.6 Å². The first-order valence-electron chi connectivity index (χ1n) is 11.3. The molecule has 1 unspecified atom stereocenters. The Morgan fingerprint density at radius 2 is 1.71 bits per heavy atom. The van der Waals surface area contributed by atoms with Crippen molar-refractivity contribution in [2.75, 3.05) is 11.5 Å². The van der Waals surface area contributed by atoms with Crippen LogP contribution >= 0.6 is 11.6 Å². The molecule has 35 heavy (non-hydrogen) atoms. The maximum absolute atomic E-state index is 13.6. The largest absolute Gasteiger partial charge is 0.507 e. The zero-order chi connectivity index (χ0) is 25.3. The molecule has 1 saturated heterocycles. The topological polar surface area (TPSA) is 66.8 Å². The number of anilines is 1. The molecule has 180 valence electrons. The highest BCUT2D eigenvalue weighted by Crippen LogP contribution is 2.43. The van der Waals surface area contributed by atoms with Gasteiger partial charge in [0.1, 0.15) is 17.3 Å². The van der Waals surface area contributed by atoms with E-state index in [9.17, 15) is 19.1 Å². The number of aliphatic hydroxyl groups is 1. The van der Waals surface area contributed by atoms with E-state index >= 15 is 0 Å². The Morgan fingerprint density at radius 1 is 1.06 bits per heavy atom. The number of amides is 1. The average molecular weight is 494 g/mol. The first kappa shape index (κ1) is 24.5. The van der Waals surface area contributed by atoms with Crippen molar-refractivity contribution in [3.63, 3.8) is 0 Å². The number of ketones is 1. The number of carbonyl (C=O) groups is 2. The number of Topliss-reactive ketones (excluding diaryl/α,β-unsaturated/α-hetero) is 1. The van der Waals surface area contributed by atoms with Crippen LogP contribution in [-0.2, 0) is 9.59 Å². The Labute approximate surface area is 208 Å². The zero-order valence-electron chi connectivity index (χ0n) is 19.6. The first-order chi connectivity index (χ1) is 16.7. The molecule has 0 saturated carbocycles. The van der Waals surface area contributed by atoms with Crippen LogP contribution in [0.1, 0.15) is 49.4 Å². The summed E-state index contributed by atoms with van der Waals surface area (Å²) in [7, 11) is 0. The van der Waals surface area contributed by atoms with Crippen molar-refractivity contribution in [1.29, 1.82) is 0 Å². The van der Waals surface area contributed by atoms with E-state index in [-0.39, 0.29) is 17.3 Å². The number of nitrogens with zero attached hydrogens (tertiary/aromatic N) is 1. The average Bonchev–Trinajstić information content (AvgIpc) is 3.10. The number of benzene rings is 3. The number of carbonyl (C=O) groups excluding carboxylic acids is 2. The van der Waals surface area contributed by atoms with Crippen molar-refractivity contribution in [3.05, 3.63) is 99.8 Å². The summed E-state index contributed by atoms with van der Waals surface area (Å²) >= 11 is 6.07. The number of rotatable bonds is 6. The van der Waals surface area contributed by atoms with Gasteiger partial charge in [-0.2, -0.15) is 0 Å². The Kier molecular flexibility index (Phi) is 6.94. The van der Waals surface area contributed by atoms with Crippen LogP contribution < -0.4 is 9.64 Å². The number of ether oxygens (including phenoxy) is 1. The molecule has 1 fully saturated rings. The number of hydrogen-bond acceptors (Lipinski definition) is 4. The Bertz CT molecular complexity index is 1300. The third-order valence-electron chi connectivity index (χ3n) is 5.94. The molecule has 0 aromatic heterocycles. The summed E-state index contributed by atoms with van der Waals surface area (Å²) in [5.74, 6) is -1.61. The van der Waals surface area contributed by atoms with Crippen LogP contribution in [0.15, 0.2) is 72.3 Å². The summed E-state index contributed by atoms with van der Waals surface area (Å²) < 4.78 is 19.3. The quantitative estimate of drug-likeness (QED) is 0.238. The Balaban J connectivity index is 1.92. The van der Waals surface area contributed by atoms with Gasteiger partial charge in [0.25, 0.3) is 11.7 Å².